The molecule has 0 aliphatic carbocycles. The Kier molecular flexibility index (Phi) is 4.09. The first-order chi connectivity index (χ1) is 7.95. The third-order valence-corrected chi connectivity index (χ3v) is 2.44. The van der Waals surface area contributed by atoms with E-state index in [2.05, 4.69) is 0 Å². The lowest BCUT2D eigenvalue weighted by molar-refractivity contribution is -0.145. The fourth-order valence-corrected chi connectivity index (χ4v) is 1.63. The zero-order valence-electron chi connectivity index (χ0n) is 9.64. The number of aryl methyl sites for hydroxylation is 1. The highest BCUT2D eigenvalue weighted by Crippen LogP contribution is 2.30. The van der Waals surface area contributed by atoms with Gasteiger partial charge in [0.1, 0.15) is 5.75 Å². The topological polar surface area (TPSA) is 83.8 Å². The number of carboxylic acids is 2. The van der Waals surface area contributed by atoms with Crippen molar-refractivity contribution in [3.63, 3.8) is 0 Å². The number of rotatable bonds is 5. The van der Waals surface area contributed by atoms with Crippen molar-refractivity contribution in [2.45, 2.75) is 19.3 Å². The molecular formula is C12H14O5. The minimum atomic E-state index is -1.17. The number of carbonyl (C=O) groups is 2. The molecule has 5 nitrogen and oxygen atoms in total. The minimum absolute atomic E-state index is 0.391. The van der Waals surface area contributed by atoms with Gasteiger partial charge in [-0.15, -0.1) is 0 Å². The lowest BCUT2D eigenvalue weighted by atomic mass is 9.93. The van der Waals surface area contributed by atoms with E-state index in [4.69, 9.17) is 14.9 Å². The lowest BCUT2D eigenvalue weighted by Crippen LogP contribution is -2.16. The van der Waals surface area contributed by atoms with Crippen molar-refractivity contribution >= 4 is 11.9 Å². The van der Waals surface area contributed by atoms with Crippen LogP contribution in [0.15, 0.2) is 18.2 Å². The average Bonchev–Trinajstić information content (AvgIpc) is 2.25. The van der Waals surface area contributed by atoms with Crippen molar-refractivity contribution in [3.8, 4) is 5.75 Å². The van der Waals surface area contributed by atoms with Crippen LogP contribution in [-0.2, 0) is 9.59 Å². The average molecular weight is 238 g/mol. The normalized spacial score (nSPS) is 11.9. The first kappa shape index (κ1) is 13.0. The molecule has 0 aliphatic heterocycles. The molecule has 1 rings (SSSR count). The van der Waals surface area contributed by atoms with Crippen molar-refractivity contribution in [3.05, 3.63) is 29.3 Å². The molecular weight excluding hydrogens is 224 g/mol. The number of carboxylic acid groups (broad SMARTS) is 2. The summed E-state index contributed by atoms with van der Waals surface area (Å²) in [6.45, 7) is 1.81. The third-order valence-electron chi connectivity index (χ3n) is 2.44. The van der Waals surface area contributed by atoms with E-state index in [0.717, 1.165) is 5.56 Å². The van der Waals surface area contributed by atoms with Crippen LogP contribution in [-0.4, -0.2) is 29.3 Å². The Balaban J connectivity index is 3.20. The quantitative estimate of drug-likeness (QED) is 0.814. The second-order valence-electron chi connectivity index (χ2n) is 3.73. The molecule has 92 valence electrons. The van der Waals surface area contributed by atoms with Gasteiger partial charge in [-0.1, -0.05) is 17.7 Å². The second kappa shape index (κ2) is 5.34. The summed E-state index contributed by atoms with van der Waals surface area (Å²) >= 11 is 0. The molecule has 0 amide bonds. The Labute approximate surface area is 98.6 Å². The Morgan fingerprint density at radius 1 is 1.35 bits per heavy atom. The molecule has 2 N–H and O–H groups in total. The van der Waals surface area contributed by atoms with Gasteiger partial charge in [0.05, 0.1) is 19.4 Å². The SMILES string of the molecule is COc1ccc(C)cc1C(CC(=O)O)C(=O)O. The third kappa shape index (κ3) is 3.21. The molecule has 1 atom stereocenters. The highest BCUT2D eigenvalue weighted by molar-refractivity contribution is 5.83. The molecule has 0 heterocycles. The summed E-state index contributed by atoms with van der Waals surface area (Å²) in [7, 11) is 1.42. The number of benzene rings is 1. The molecule has 0 radical (unpaired) electrons. The van der Waals surface area contributed by atoms with Gasteiger partial charge in [-0.2, -0.15) is 0 Å². The van der Waals surface area contributed by atoms with Gasteiger partial charge < -0.3 is 14.9 Å². The summed E-state index contributed by atoms with van der Waals surface area (Å²) in [5.74, 6) is -3.02. The number of ether oxygens (including phenoxy) is 1. The van der Waals surface area contributed by atoms with Crippen LogP contribution in [0.5, 0.6) is 5.75 Å². The fourth-order valence-electron chi connectivity index (χ4n) is 1.63. The van der Waals surface area contributed by atoms with Gasteiger partial charge >= 0.3 is 11.9 Å². The van der Waals surface area contributed by atoms with Gasteiger partial charge in [-0.25, -0.2) is 0 Å². The first-order valence-electron chi connectivity index (χ1n) is 5.05. The zero-order valence-corrected chi connectivity index (χ0v) is 9.64. The van der Waals surface area contributed by atoms with E-state index in [1.807, 2.05) is 6.92 Å². The van der Waals surface area contributed by atoms with Crippen LogP contribution in [0, 0.1) is 6.92 Å². The monoisotopic (exact) mass is 238 g/mol. The molecule has 0 fully saturated rings. The summed E-state index contributed by atoms with van der Waals surface area (Å²) < 4.78 is 5.06. The molecule has 1 aromatic rings. The largest absolute Gasteiger partial charge is 0.496 e. The fraction of sp³-hybridized carbons (Fsp3) is 0.333. The van der Waals surface area contributed by atoms with E-state index in [0.29, 0.717) is 11.3 Å². The Bertz CT molecular complexity index is 439. The number of methoxy groups -OCH3 is 1. The molecule has 0 saturated carbocycles. The van der Waals surface area contributed by atoms with Crippen LogP contribution in [0.25, 0.3) is 0 Å². The van der Waals surface area contributed by atoms with E-state index in [9.17, 15) is 9.59 Å². The molecule has 17 heavy (non-hydrogen) atoms. The molecule has 1 aromatic carbocycles. The van der Waals surface area contributed by atoms with Gasteiger partial charge in [0, 0.05) is 5.56 Å². The van der Waals surface area contributed by atoms with Gasteiger partial charge in [-0.3, -0.25) is 9.59 Å². The summed E-state index contributed by atoms with van der Waals surface area (Å²) in [5, 5.41) is 17.8. The number of hydrogen-bond acceptors (Lipinski definition) is 3. The van der Waals surface area contributed by atoms with E-state index < -0.39 is 24.3 Å². The maximum Gasteiger partial charge on any atom is 0.311 e. The minimum Gasteiger partial charge on any atom is -0.496 e. The maximum absolute atomic E-state index is 11.1. The van der Waals surface area contributed by atoms with E-state index >= 15 is 0 Å². The van der Waals surface area contributed by atoms with Crippen LogP contribution in [0.2, 0.25) is 0 Å². The second-order valence-corrected chi connectivity index (χ2v) is 3.73. The van der Waals surface area contributed by atoms with Crippen molar-refractivity contribution < 1.29 is 24.5 Å². The van der Waals surface area contributed by atoms with E-state index in [-0.39, 0.29) is 0 Å². The Morgan fingerprint density at radius 3 is 2.47 bits per heavy atom. The van der Waals surface area contributed by atoms with Crippen molar-refractivity contribution in [1.82, 2.24) is 0 Å². The van der Waals surface area contributed by atoms with Crippen LogP contribution >= 0.6 is 0 Å². The van der Waals surface area contributed by atoms with Crippen molar-refractivity contribution in [2.75, 3.05) is 7.11 Å². The van der Waals surface area contributed by atoms with Gasteiger partial charge in [0.15, 0.2) is 0 Å². The summed E-state index contributed by atoms with van der Waals surface area (Å²) in [6.07, 6.45) is -0.463. The molecule has 0 bridgehead atoms. The van der Waals surface area contributed by atoms with Crippen LogP contribution in [0.1, 0.15) is 23.5 Å². The van der Waals surface area contributed by atoms with E-state index in [1.165, 1.54) is 7.11 Å². The molecule has 0 aromatic heterocycles. The molecule has 0 spiro atoms. The number of hydrogen-bond donors (Lipinski definition) is 2. The van der Waals surface area contributed by atoms with Gasteiger partial charge in [-0.05, 0) is 13.0 Å². The molecule has 1 unspecified atom stereocenters. The molecule has 0 aliphatic rings. The number of aliphatic carboxylic acids is 2. The highest BCUT2D eigenvalue weighted by atomic mass is 16.5. The van der Waals surface area contributed by atoms with E-state index in [1.54, 1.807) is 18.2 Å². The van der Waals surface area contributed by atoms with Crippen LogP contribution in [0.3, 0.4) is 0 Å². The maximum atomic E-state index is 11.1. The van der Waals surface area contributed by atoms with Crippen LogP contribution < -0.4 is 4.74 Å². The highest BCUT2D eigenvalue weighted by Gasteiger charge is 2.26. The Hall–Kier alpha value is -2.04. The van der Waals surface area contributed by atoms with Crippen molar-refractivity contribution in [2.24, 2.45) is 0 Å². The van der Waals surface area contributed by atoms with Crippen LogP contribution in [0.4, 0.5) is 0 Å². The lowest BCUT2D eigenvalue weighted by Gasteiger charge is -2.15. The standard InChI is InChI=1S/C12H14O5/c1-7-3-4-10(17-2)8(5-7)9(12(15)16)6-11(13)14/h3-5,9H,6H2,1-2H3,(H,13,14)(H,15,16). The van der Waals surface area contributed by atoms with Gasteiger partial charge in [0.2, 0.25) is 0 Å². The predicted molar refractivity (Wildman–Crippen MR) is 60.4 cm³/mol. The zero-order chi connectivity index (χ0) is 13.0. The summed E-state index contributed by atoms with van der Waals surface area (Å²) in [5.41, 5.74) is 1.25. The summed E-state index contributed by atoms with van der Waals surface area (Å²) in [4.78, 5) is 21.8. The van der Waals surface area contributed by atoms with Crippen molar-refractivity contribution in [1.29, 1.82) is 0 Å². The van der Waals surface area contributed by atoms with Gasteiger partial charge in [0.25, 0.3) is 0 Å². The predicted octanol–water partition coefficient (Wildman–Crippen LogP) is 1.65. The molecule has 5 heteroatoms. The Morgan fingerprint density at radius 2 is 2.00 bits per heavy atom. The first-order valence-corrected chi connectivity index (χ1v) is 5.05. The smallest absolute Gasteiger partial charge is 0.311 e. The summed E-state index contributed by atoms with van der Waals surface area (Å²) in [6, 6.07) is 5.06. The molecule has 0 saturated heterocycles.